The topological polar surface area (TPSA) is 64.2 Å². The van der Waals surface area contributed by atoms with Gasteiger partial charge in [-0.25, -0.2) is 4.98 Å². The molecule has 0 aliphatic heterocycles. The Bertz CT molecular complexity index is 604. The Morgan fingerprint density at radius 3 is 2.95 bits per heavy atom. The lowest BCUT2D eigenvalue weighted by Crippen LogP contribution is -2.02. The van der Waals surface area contributed by atoms with Crippen molar-refractivity contribution in [3.8, 4) is 11.5 Å². The van der Waals surface area contributed by atoms with Gasteiger partial charge in [0, 0.05) is 18.5 Å². The van der Waals surface area contributed by atoms with Crippen molar-refractivity contribution in [3.05, 3.63) is 48.1 Å². The highest BCUT2D eigenvalue weighted by molar-refractivity contribution is 6.08. The van der Waals surface area contributed by atoms with Gasteiger partial charge in [-0.05, 0) is 31.2 Å². The highest BCUT2D eigenvalue weighted by Crippen LogP contribution is 2.25. The van der Waals surface area contributed by atoms with Crippen molar-refractivity contribution in [2.24, 2.45) is 0 Å². The van der Waals surface area contributed by atoms with Gasteiger partial charge in [0.25, 0.3) is 0 Å². The largest absolute Gasteiger partial charge is 0.497 e. The molecule has 0 saturated carbocycles. The van der Waals surface area contributed by atoms with Crippen LogP contribution in [0.15, 0.2) is 36.7 Å². The van der Waals surface area contributed by atoms with Crippen LogP contribution >= 0.6 is 0 Å². The van der Waals surface area contributed by atoms with Crippen LogP contribution in [-0.2, 0) is 0 Å². The lowest BCUT2D eigenvalue weighted by molar-refractivity contribution is 0.104. The van der Waals surface area contributed by atoms with Crippen molar-refractivity contribution < 1.29 is 14.3 Å². The fraction of sp³-hybridized carbons (Fsp3) is 0.200. The maximum absolute atomic E-state index is 12.2. The number of ketones is 1. The van der Waals surface area contributed by atoms with E-state index in [1.54, 1.807) is 43.8 Å². The summed E-state index contributed by atoms with van der Waals surface area (Å²) in [4.78, 5) is 19.1. The number of rotatable bonds is 6. The summed E-state index contributed by atoms with van der Waals surface area (Å²) in [6, 6.07) is 5.13. The maximum atomic E-state index is 12.2. The minimum absolute atomic E-state index is 0.146. The Labute approximate surface area is 117 Å². The summed E-state index contributed by atoms with van der Waals surface area (Å²) >= 11 is 0. The van der Waals surface area contributed by atoms with E-state index in [1.807, 2.05) is 6.92 Å². The average molecular weight is 272 g/mol. The molecular weight excluding hydrogens is 256 g/mol. The normalized spacial score (nSPS) is 10.7. The summed E-state index contributed by atoms with van der Waals surface area (Å²) in [5, 5.41) is 0. The van der Waals surface area contributed by atoms with Crippen LogP contribution in [0, 0.1) is 0 Å². The molecule has 1 heterocycles. The number of carbonyl (C=O) groups is 1. The molecule has 0 bridgehead atoms. The van der Waals surface area contributed by atoms with Crippen LogP contribution in [0.25, 0.3) is 6.08 Å². The second kappa shape index (κ2) is 6.56. The van der Waals surface area contributed by atoms with Crippen molar-refractivity contribution in [2.45, 2.75) is 6.92 Å². The van der Waals surface area contributed by atoms with E-state index in [2.05, 4.69) is 9.97 Å². The molecule has 5 heteroatoms. The number of allylic oxidation sites excluding steroid dienone is 1. The summed E-state index contributed by atoms with van der Waals surface area (Å²) < 4.78 is 10.6. The van der Waals surface area contributed by atoms with Crippen LogP contribution in [0.1, 0.15) is 23.1 Å². The summed E-state index contributed by atoms with van der Waals surface area (Å²) in [5.74, 6) is 1.65. The minimum Gasteiger partial charge on any atom is -0.497 e. The molecule has 0 radical (unpaired) electrons. The van der Waals surface area contributed by atoms with Crippen molar-refractivity contribution in [3.63, 3.8) is 0 Å². The lowest BCUT2D eigenvalue weighted by Gasteiger charge is -2.09. The predicted octanol–water partition coefficient (Wildman–Crippen LogP) is 2.71. The van der Waals surface area contributed by atoms with Crippen molar-refractivity contribution in [2.75, 3.05) is 13.7 Å². The van der Waals surface area contributed by atoms with Crippen LogP contribution in [0.2, 0.25) is 0 Å². The van der Waals surface area contributed by atoms with E-state index in [4.69, 9.17) is 9.47 Å². The fourth-order valence-electron chi connectivity index (χ4n) is 1.72. The van der Waals surface area contributed by atoms with E-state index < -0.39 is 0 Å². The number of aromatic nitrogens is 2. The second-order valence-electron chi connectivity index (χ2n) is 3.97. The molecule has 5 nitrogen and oxygen atoms in total. The third kappa shape index (κ3) is 3.26. The summed E-state index contributed by atoms with van der Waals surface area (Å²) in [6.07, 6.45) is 6.41. The molecule has 0 atom stereocenters. The Morgan fingerprint density at radius 2 is 2.30 bits per heavy atom. The molecule has 0 fully saturated rings. The third-order valence-electron chi connectivity index (χ3n) is 2.67. The molecular formula is C15H16N2O3. The molecule has 1 aromatic heterocycles. The summed E-state index contributed by atoms with van der Waals surface area (Å²) in [6.45, 7) is 2.35. The van der Waals surface area contributed by atoms with Gasteiger partial charge >= 0.3 is 0 Å². The SMILES string of the molecule is CCOc1cc(OC)ccc1C(=O)C=Cc1ncc[nH]1. The quantitative estimate of drug-likeness (QED) is 0.648. The molecule has 104 valence electrons. The number of benzene rings is 1. The lowest BCUT2D eigenvalue weighted by atomic mass is 10.1. The van der Waals surface area contributed by atoms with Crippen molar-refractivity contribution in [1.29, 1.82) is 0 Å². The van der Waals surface area contributed by atoms with Crippen LogP contribution in [0.3, 0.4) is 0 Å². The smallest absolute Gasteiger partial charge is 0.189 e. The molecule has 0 aliphatic rings. The zero-order chi connectivity index (χ0) is 14.4. The van der Waals surface area contributed by atoms with Crippen LogP contribution < -0.4 is 9.47 Å². The highest BCUT2D eigenvalue weighted by Gasteiger charge is 2.11. The number of ether oxygens (including phenoxy) is 2. The van der Waals surface area contributed by atoms with E-state index in [1.165, 1.54) is 6.08 Å². The highest BCUT2D eigenvalue weighted by atomic mass is 16.5. The fourth-order valence-corrected chi connectivity index (χ4v) is 1.72. The zero-order valence-electron chi connectivity index (χ0n) is 11.4. The Kier molecular flexibility index (Phi) is 4.55. The number of hydrogen-bond donors (Lipinski definition) is 1. The number of hydrogen-bond acceptors (Lipinski definition) is 4. The standard InChI is InChI=1S/C15H16N2O3/c1-3-20-14-10-11(19-2)4-5-12(14)13(18)6-7-15-16-8-9-17-15/h4-10H,3H2,1-2H3,(H,16,17). The third-order valence-corrected chi connectivity index (χ3v) is 2.67. The first kappa shape index (κ1) is 13.9. The number of imidazole rings is 1. The van der Waals surface area contributed by atoms with E-state index in [-0.39, 0.29) is 5.78 Å². The van der Waals surface area contributed by atoms with Gasteiger partial charge in [-0.2, -0.15) is 0 Å². The number of aromatic amines is 1. The van der Waals surface area contributed by atoms with Crippen LogP contribution in [0.4, 0.5) is 0 Å². The number of nitrogens with zero attached hydrogens (tertiary/aromatic N) is 1. The predicted molar refractivity (Wildman–Crippen MR) is 76.1 cm³/mol. The van der Waals surface area contributed by atoms with Gasteiger partial charge in [-0.1, -0.05) is 0 Å². The molecule has 1 N–H and O–H groups in total. The van der Waals surface area contributed by atoms with Gasteiger partial charge in [0.1, 0.15) is 17.3 Å². The molecule has 2 rings (SSSR count). The van der Waals surface area contributed by atoms with E-state index in [9.17, 15) is 4.79 Å². The molecule has 20 heavy (non-hydrogen) atoms. The Hall–Kier alpha value is -2.56. The number of carbonyl (C=O) groups excluding carboxylic acids is 1. The Morgan fingerprint density at radius 1 is 1.45 bits per heavy atom. The van der Waals surface area contributed by atoms with E-state index in [0.29, 0.717) is 29.5 Å². The Balaban J connectivity index is 2.24. The van der Waals surface area contributed by atoms with E-state index >= 15 is 0 Å². The molecule has 0 amide bonds. The van der Waals surface area contributed by atoms with Crippen molar-refractivity contribution >= 4 is 11.9 Å². The summed E-state index contributed by atoms with van der Waals surface area (Å²) in [7, 11) is 1.57. The van der Waals surface area contributed by atoms with Gasteiger partial charge in [-0.15, -0.1) is 0 Å². The molecule has 0 unspecified atom stereocenters. The van der Waals surface area contributed by atoms with Gasteiger partial charge in [0.15, 0.2) is 5.78 Å². The molecule has 1 aromatic carbocycles. The van der Waals surface area contributed by atoms with Gasteiger partial charge < -0.3 is 14.5 Å². The maximum Gasteiger partial charge on any atom is 0.189 e. The first-order chi connectivity index (χ1) is 9.74. The van der Waals surface area contributed by atoms with E-state index in [0.717, 1.165) is 0 Å². The minimum atomic E-state index is -0.146. The summed E-state index contributed by atoms with van der Waals surface area (Å²) in [5.41, 5.74) is 0.496. The molecule has 0 saturated heterocycles. The molecule has 2 aromatic rings. The van der Waals surface area contributed by atoms with Gasteiger partial charge in [-0.3, -0.25) is 4.79 Å². The van der Waals surface area contributed by atoms with Gasteiger partial charge in [0.05, 0.1) is 19.3 Å². The number of H-pyrrole nitrogens is 1. The first-order valence-electron chi connectivity index (χ1n) is 6.27. The molecule has 0 aliphatic carbocycles. The monoisotopic (exact) mass is 272 g/mol. The van der Waals surface area contributed by atoms with Crippen LogP contribution in [-0.4, -0.2) is 29.5 Å². The second-order valence-corrected chi connectivity index (χ2v) is 3.97. The van der Waals surface area contributed by atoms with Crippen molar-refractivity contribution in [1.82, 2.24) is 9.97 Å². The number of nitrogens with one attached hydrogen (secondary N) is 1. The average Bonchev–Trinajstić information content (AvgIpc) is 2.98. The zero-order valence-corrected chi connectivity index (χ0v) is 11.4. The molecule has 0 spiro atoms. The van der Waals surface area contributed by atoms with Crippen LogP contribution in [0.5, 0.6) is 11.5 Å². The van der Waals surface area contributed by atoms with Gasteiger partial charge in [0.2, 0.25) is 0 Å². The first-order valence-corrected chi connectivity index (χ1v) is 6.27. The number of methoxy groups -OCH3 is 1.